The zero-order valence-corrected chi connectivity index (χ0v) is 23.0. The number of carboxylic acids is 1. The third kappa shape index (κ3) is 8.83. The van der Waals surface area contributed by atoms with Crippen molar-refractivity contribution in [2.75, 3.05) is 14.2 Å². The molecular formula is C29H36F2N3NaO6. The van der Waals surface area contributed by atoms with Crippen molar-refractivity contribution in [2.45, 2.75) is 64.2 Å². The van der Waals surface area contributed by atoms with Crippen molar-refractivity contribution in [3.63, 3.8) is 0 Å². The molecule has 1 heterocycles. The maximum atomic E-state index is 14.8. The van der Waals surface area contributed by atoms with E-state index in [1.807, 2.05) is 13.8 Å². The maximum absolute atomic E-state index is 14.8. The quantitative estimate of drug-likeness (QED) is 0.264. The van der Waals surface area contributed by atoms with Gasteiger partial charge in [-0.1, -0.05) is 26.0 Å². The van der Waals surface area contributed by atoms with E-state index >= 15 is 0 Å². The van der Waals surface area contributed by atoms with Crippen LogP contribution in [0.15, 0.2) is 42.5 Å². The van der Waals surface area contributed by atoms with Crippen molar-refractivity contribution in [1.82, 2.24) is 14.7 Å². The Labute approximate surface area is 260 Å². The van der Waals surface area contributed by atoms with Crippen LogP contribution in [0, 0.1) is 11.6 Å². The number of carbonyl (C=O) groups excluding carboxylic acids is 1. The number of aliphatic hydroxyl groups excluding tert-OH is 2. The van der Waals surface area contributed by atoms with Crippen LogP contribution >= 0.6 is 0 Å². The second-order valence-corrected chi connectivity index (χ2v) is 10.0. The molecule has 0 aliphatic carbocycles. The summed E-state index contributed by atoms with van der Waals surface area (Å²) in [7, 11) is 2.90. The Kier molecular flexibility index (Phi) is 12.9. The van der Waals surface area contributed by atoms with Gasteiger partial charge in [-0.15, -0.1) is 0 Å². The Bertz CT molecular complexity index is 1330. The first-order valence-corrected chi connectivity index (χ1v) is 12.9. The van der Waals surface area contributed by atoms with E-state index in [2.05, 4.69) is 5.10 Å². The number of amides is 1. The predicted molar refractivity (Wildman–Crippen MR) is 151 cm³/mol. The van der Waals surface area contributed by atoms with Gasteiger partial charge in [0.05, 0.1) is 31.4 Å². The molecule has 0 aliphatic heterocycles. The number of aliphatic carboxylic acids is 1. The van der Waals surface area contributed by atoms with Crippen LogP contribution in [0.2, 0.25) is 0 Å². The number of aliphatic hydroxyl groups is 2. The first kappa shape index (κ1) is 34.4. The Morgan fingerprint density at radius 1 is 1.07 bits per heavy atom. The van der Waals surface area contributed by atoms with Crippen LogP contribution < -0.4 is 4.74 Å². The predicted octanol–water partition coefficient (Wildman–Crippen LogP) is 3.43. The van der Waals surface area contributed by atoms with E-state index in [1.54, 1.807) is 12.1 Å². The van der Waals surface area contributed by atoms with Crippen LogP contribution in [-0.2, 0) is 17.8 Å². The molecule has 0 fully saturated rings. The van der Waals surface area contributed by atoms with Gasteiger partial charge in [-0.05, 0) is 55.5 Å². The molecule has 2 atom stereocenters. The first-order valence-electron chi connectivity index (χ1n) is 12.9. The van der Waals surface area contributed by atoms with Crippen LogP contribution in [-0.4, -0.2) is 97.8 Å². The Hall–Kier alpha value is -2.83. The Morgan fingerprint density at radius 2 is 1.73 bits per heavy atom. The summed E-state index contributed by atoms with van der Waals surface area (Å²) in [6.45, 7) is 3.74. The van der Waals surface area contributed by atoms with E-state index in [4.69, 9.17) is 9.84 Å². The molecule has 1 aromatic heterocycles. The summed E-state index contributed by atoms with van der Waals surface area (Å²) in [4.78, 5) is 25.9. The fraction of sp³-hybridized carbons (Fsp3) is 0.414. The van der Waals surface area contributed by atoms with Gasteiger partial charge in [-0.2, -0.15) is 5.10 Å². The van der Waals surface area contributed by atoms with Gasteiger partial charge in [-0.25, -0.2) is 13.5 Å². The fourth-order valence-electron chi connectivity index (χ4n) is 4.63. The second kappa shape index (κ2) is 15.4. The molecule has 3 rings (SSSR count). The van der Waals surface area contributed by atoms with Gasteiger partial charge in [-0.3, -0.25) is 9.59 Å². The number of benzene rings is 2. The minimum absolute atomic E-state index is 0. The second-order valence-electron chi connectivity index (χ2n) is 10.0. The normalized spacial score (nSPS) is 12.5. The fourth-order valence-corrected chi connectivity index (χ4v) is 4.63. The van der Waals surface area contributed by atoms with Crippen LogP contribution in [0.5, 0.6) is 5.75 Å². The van der Waals surface area contributed by atoms with Gasteiger partial charge in [0.15, 0.2) is 17.3 Å². The molecule has 9 nitrogen and oxygen atoms in total. The molecule has 12 heteroatoms. The monoisotopic (exact) mass is 583 g/mol. The molecule has 0 bridgehead atoms. The van der Waals surface area contributed by atoms with Gasteiger partial charge in [0.2, 0.25) is 0 Å². The average Bonchev–Trinajstić information content (AvgIpc) is 3.27. The molecule has 2 aromatic carbocycles. The van der Waals surface area contributed by atoms with E-state index in [0.29, 0.717) is 16.9 Å². The number of hydrogen-bond acceptors (Lipinski definition) is 6. The summed E-state index contributed by atoms with van der Waals surface area (Å²) in [6, 6.07) is 10.3. The van der Waals surface area contributed by atoms with Crippen LogP contribution in [0.25, 0.3) is 5.69 Å². The zero-order valence-electron chi connectivity index (χ0n) is 23.0. The number of carbonyl (C=O) groups is 2. The average molecular weight is 584 g/mol. The van der Waals surface area contributed by atoms with Crippen molar-refractivity contribution in [3.8, 4) is 11.4 Å². The van der Waals surface area contributed by atoms with Crippen LogP contribution in [0.4, 0.5) is 8.78 Å². The molecule has 0 saturated carbocycles. The topological polar surface area (TPSA) is 125 Å². The molecule has 2 unspecified atom stereocenters. The number of ether oxygens (including phenoxy) is 1. The number of nitrogens with zero attached hydrogens (tertiary/aromatic N) is 3. The molecule has 1 amide bonds. The van der Waals surface area contributed by atoms with E-state index in [0.717, 1.165) is 0 Å². The SMILES string of the molecule is COc1cccc(CN(C)C(=O)c2nn(-c3ccc(F)cc3)c(CCC(O)CC(O)CC(=O)O)c2C(C)C)c1F.[NaH]. The molecule has 41 heavy (non-hydrogen) atoms. The minimum atomic E-state index is -1.21. The molecule has 3 N–H and O–H groups in total. The molecule has 0 saturated heterocycles. The van der Waals surface area contributed by atoms with Crippen molar-refractivity contribution < 1.29 is 38.4 Å². The van der Waals surface area contributed by atoms with Crippen LogP contribution in [0.1, 0.15) is 66.3 Å². The van der Waals surface area contributed by atoms with Gasteiger partial charge >= 0.3 is 35.5 Å². The van der Waals surface area contributed by atoms with E-state index < -0.39 is 42.1 Å². The standard InChI is InChI=1S/C29H35F2N3O6.Na.H/c1-17(2)26-23(13-12-21(35)14-22(36)15-25(37)38)34(20-10-8-19(30)9-11-20)32-28(26)29(39)33(3)16-18-6-5-7-24(40-4)27(18)31;;/h5-11,17,21-22,35-36H,12-16H2,1-4H3,(H,37,38);;. The summed E-state index contributed by atoms with van der Waals surface area (Å²) >= 11 is 0. The van der Waals surface area contributed by atoms with Crippen molar-refractivity contribution in [1.29, 1.82) is 0 Å². The summed E-state index contributed by atoms with van der Waals surface area (Å²) in [5.41, 5.74) is 2.13. The summed E-state index contributed by atoms with van der Waals surface area (Å²) < 4.78 is 35.0. The van der Waals surface area contributed by atoms with E-state index in [-0.39, 0.29) is 78.3 Å². The molecule has 3 aromatic rings. The zero-order chi connectivity index (χ0) is 29.6. The van der Waals surface area contributed by atoms with Crippen LogP contribution in [0.3, 0.4) is 0 Å². The van der Waals surface area contributed by atoms with E-state index in [1.165, 1.54) is 54.1 Å². The number of methoxy groups -OCH3 is 1. The number of carboxylic acid groups (broad SMARTS) is 1. The summed E-state index contributed by atoms with van der Waals surface area (Å²) in [6.07, 6.45) is -2.44. The number of halogens is 2. The molecule has 218 valence electrons. The number of rotatable bonds is 13. The summed E-state index contributed by atoms with van der Waals surface area (Å²) in [5.74, 6) is -2.75. The Morgan fingerprint density at radius 3 is 2.32 bits per heavy atom. The third-order valence-corrected chi connectivity index (χ3v) is 6.56. The van der Waals surface area contributed by atoms with Gasteiger partial charge in [0, 0.05) is 30.4 Å². The molecular weight excluding hydrogens is 547 g/mol. The Balaban J connectivity index is 0.00000588. The van der Waals surface area contributed by atoms with Crippen molar-refractivity contribution in [3.05, 3.63) is 76.6 Å². The van der Waals surface area contributed by atoms with Crippen molar-refractivity contribution >= 4 is 41.4 Å². The van der Waals surface area contributed by atoms with E-state index in [9.17, 15) is 28.6 Å². The van der Waals surface area contributed by atoms with Gasteiger partial charge < -0.3 is 25.0 Å². The first-order chi connectivity index (χ1) is 18.9. The molecule has 0 radical (unpaired) electrons. The summed E-state index contributed by atoms with van der Waals surface area (Å²) in [5, 5.41) is 33.9. The molecule has 0 spiro atoms. The van der Waals surface area contributed by atoms with Gasteiger partial charge in [0.25, 0.3) is 5.91 Å². The number of aromatic nitrogens is 2. The van der Waals surface area contributed by atoms with Gasteiger partial charge in [0.1, 0.15) is 5.82 Å². The van der Waals surface area contributed by atoms with Crippen molar-refractivity contribution in [2.24, 2.45) is 0 Å². The third-order valence-electron chi connectivity index (χ3n) is 6.56. The number of hydrogen-bond donors (Lipinski definition) is 3. The molecule has 0 aliphatic rings.